The van der Waals surface area contributed by atoms with Gasteiger partial charge < -0.3 is 5.32 Å². The molecule has 0 saturated carbocycles. The first-order valence-corrected chi connectivity index (χ1v) is 4.89. The number of halogens is 1. The van der Waals surface area contributed by atoms with Crippen LogP contribution in [0.5, 0.6) is 0 Å². The summed E-state index contributed by atoms with van der Waals surface area (Å²) in [7, 11) is 0. The van der Waals surface area contributed by atoms with Crippen LogP contribution >= 0.6 is 0 Å². The molecule has 0 aromatic heterocycles. The van der Waals surface area contributed by atoms with Crippen molar-refractivity contribution < 1.29 is 9.18 Å². The Hall–Kier alpha value is -1.64. The average molecular weight is 207 g/mol. The van der Waals surface area contributed by atoms with Crippen molar-refractivity contribution in [2.75, 3.05) is 5.32 Å². The fourth-order valence-electron chi connectivity index (χ4n) is 1.34. The van der Waals surface area contributed by atoms with Gasteiger partial charge in [0.25, 0.3) is 0 Å². The maximum Gasteiger partial charge on any atom is 0.247 e. The van der Waals surface area contributed by atoms with Gasteiger partial charge in [0, 0.05) is 5.69 Å². The van der Waals surface area contributed by atoms with E-state index in [-0.39, 0.29) is 11.7 Å². The Bertz CT molecular complexity index is 374. The van der Waals surface area contributed by atoms with Gasteiger partial charge in [-0.3, -0.25) is 4.79 Å². The molecule has 0 unspecified atom stereocenters. The number of carbonyl (C=O) groups excluding carboxylic acids is 1. The van der Waals surface area contributed by atoms with Crippen LogP contribution < -0.4 is 5.32 Å². The van der Waals surface area contributed by atoms with E-state index < -0.39 is 0 Å². The Labute approximate surface area is 88.8 Å². The lowest BCUT2D eigenvalue weighted by molar-refractivity contribution is -0.111. The Morgan fingerprint density at radius 2 is 2.33 bits per heavy atom. The molecule has 0 aliphatic heterocycles. The third-order valence-corrected chi connectivity index (χ3v) is 2.03. The van der Waals surface area contributed by atoms with Crippen LogP contribution in [0.15, 0.2) is 30.9 Å². The van der Waals surface area contributed by atoms with Crippen LogP contribution in [0.25, 0.3) is 0 Å². The van der Waals surface area contributed by atoms with Crippen LogP contribution in [-0.2, 0) is 11.2 Å². The Morgan fingerprint density at radius 3 is 2.93 bits per heavy atom. The van der Waals surface area contributed by atoms with Crippen LogP contribution in [0.2, 0.25) is 0 Å². The maximum absolute atomic E-state index is 13.0. The first-order valence-electron chi connectivity index (χ1n) is 4.89. The normalized spacial score (nSPS) is 9.73. The minimum atomic E-state index is -0.353. The number of carbonyl (C=O) groups is 1. The van der Waals surface area contributed by atoms with Gasteiger partial charge in [0.05, 0.1) is 0 Å². The predicted octanol–water partition coefficient (Wildman–Crippen LogP) is 2.90. The van der Waals surface area contributed by atoms with Crippen molar-refractivity contribution >= 4 is 11.6 Å². The summed E-state index contributed by atoms with van der Waals surface area (Å²) in [5, 5.41) is 2.59. The molecule has 0 saturated heterocycles. The zero-order valence-corrected chi connectivity index (χ0v) is 8.72. The van der Waals surface area contributed by atoms with Gasteiger partial charge in [0.2, 0.25) is 5.91 Å². The standard InChI is InChI=1S/C12H14FNO/c1-3-5-9-6-7-10(13)8-11(9)14-12(15)4-2/h4,6-8H,2-3,5H2,1H3,(H,14,15). The van der Waals surface area contributed by atoms with E-state index in [0.717, 1.165) is 18.4 Å². The van der Waals surface area contributed by atoms with Crippen LogP contribution in [0.1, 0.15) is 18.9 Å². The summed E-state index contributed by atoms with van der Waals surface area (Å²) in [6.45, 7) is 5.38. The number of hydrogen-bond acceptors (Lipinski definition) is 1. The number of hydrogen-bond donors (Lipinski definition) is 1. The maximum atomic E-state index is 13.0. The second kappa shape index (κ2) is 5.29. The van der Waals surface area contributed by atoms with Crippen LogP contribution in [0, 0.1) is 5.82 Å². The highest BCUT2D eigenvalue weighted by molar-refractivity contribution is 5.99. The highest BCUT2D eigenvalue weighted by Crippen LogP contribution is 2.18. The molecule has 1 amide bonds. The summed E-state index contributed by atoms with van der Waals surface area (Å²) in [5.41, 5.74) is 1.47. The van der Waals surface area contributed by atoms with Gasteiger partial charge in [-0.2, -0.15) is 0 Å². The molecule has 0 aliphatic carbocycles. The van der Waals surface area contributed by atoms with Crippen molar-refractivity contribution in [1.29, 1.82) is 0 Å². The molecule has 1 aromatic rings. The Morgan fingerprint density at radius 1 is 1.60 bits per heavy atom. The largest absolute Gasteiger partial charge is 0.322 e. The number of aryl methyl sites for hydroxylation is 1. The first-order chi connectivity index (χ1) is 7.17. The average Bonchev–Trinajstić information content (AvgIpc) is 2.22. The van der Waals surface area contributed by atoms with E-state index in [4.69, 9.17) is 0 Å². The molecule has 80 valence electrons. The summed E-state index contributed by atoms with van der Waals surface area (Å²) in [6, 6.07) is 4.42. The fourth-order valence-corrected chi connectivity index (χ4v) is 1.34. The van der Waals surface area contributed by atoms with Gasteiger partial charge in [-0.1, -0.05) is 26.0 Å². The second-order valence-corrected chi connectivity index (χ2v) is 3.24. The van der Waals surface area contributed by atoms with E-state index in [1.165, 1.54) is 18.2 Å². The summed E-state index contributed by atoms with van der Waals surface area (Å²) >= 11 is 0. The summed E-state index contributed by atoms with van der Waals surface area (Å²) < 4.78 is 13.0. The van der Waals surface area contributed by atoms with E-state index in [2.05, 4.69) is 11.9 Å². The lowest BCUT2D eigenvalue weighted by atomic mass is 10.1. The van der Waals surface area contributed by atoms with Crippen molar-refractivity contribution in [1.82, 2.24) is 0 Å². The van der Waals surface area contributed by atoms with E-state index in [1.54, 1.807) is 6.07 Å². The van der Waals surface area contributed by atoms with Gasteiger partial charge in [0.1, 0.15) is 5.82 Å². The van der Waals surface area contributed by atoms with Gasteiger partial charge in [-0.25, -0.2) is 4.39 Å². The van der Waals surface area contributed by atoms with Crippen LogP contribution in [0.4, 0.5) is 10.1 Å². The number of rotatable bonds is 4. The number of amides is 1. The molecule has 0 fully saturated rings. The topological polar surface area (TPSA) is 29.1 Å². The lowest BCUT2D eigenvalue weighted by Crippen LogP contribution is -2.09. The molecule has 0 spiro atoms. The quantitative estimate of drug-likeness (QED) is 0.756. The van der Waals surface area contributed by atoms with Gasteiger partial charge in [-0.05, 0) is 30.2 Å². The fraction of sp³-hybridized carbons (Fsp3) is 0.250. The summed E-state index contributed by atoms with van der Waals surface area (Å²) in [4.78, 5) is 11.1. The highest BCUT2D eigenvalue weighted by atomic mass is 19.1. The number of benzene rings is 1. The van der Waals surface area contributed by atoms with E-state index in [0.29, 0.717) is 5.69 Å². The lowest BCUT2D eigenvalue weighted by Gasteiger charge is -2.08. The third-order valence-electron chi connectivity index (χ3n) is 2.03. The molecule has 1 N–H and O–H groups in total. The van der Waals surface area contributed by atoms with Crippen molar-refractivity contribution in [2.24, 2.45) is 0 Å². The molecule has 1 aromatic carbocycles. The van der Waals surface area contributed by atoms with Gasteiger partial charge in [-0.15, -0.1) is 0 Å². The minimum Gasteiger partial charge on any atom is -0.322 e. The van der Waals surface area contributed by atoms with E-state index in [1.807, 2.05) is 6.92 Å². The third kappa shape index (κ3) is 3.20. The molecule has 0 bridgehead atoms. The van der Waals surface area contributed by atoms with Crippen LogP contribution in [-0.4, -0.2) is 5.91 Å². The van der Waals surface area contributed by atoms with Gasteiger partial charge >= 0.3 is 0 Å². The molecule has 0 aliphatic rings. The van der Waals surface area contributed by atoms with Crippen LogP contribution in [0.3, 0.4) is 0 Å². The molecule has 3 heteroatoms. The molecule has 0 atom stereocenters. The monoisotopic (exact) mass is 207 g/mol. The van der Waals surface area contributed by atoms with Gasteiger partial charge in [0.15, 0.2) is 0 Å². The predicted molar refractivity (Wildman–Crippen MR) is 59.2 cm³/mol. The van der Waals surface area contributed by atoms with Crippen molar-refractivity contribution in [3.8, 4) is 0 Å². The summed E-state index contributed by atoms with van der Waals surface area (Å²) in [6.07, 6.45) is 2.93. The molecule has 2 nitrogen and oxygen atoms in total. The molecule has 1 rings (SSSR count). The SMILES string of the molecule is C=CC(=O)Nc1cc(F)ccc1CCC. The Balaban J connectivity index is 2.95. The molecular weight excluding hydrogens is 193 g/mol. The molecule has 0 radical (unpaired) electrons. The van der Waals surface area contributed by atoms with E-state index in [9.17, 15) is 9.18 Å². The smallest absolute Gasteiger partial charge is 0.247 e. The minimum absolute atomic E-state index is 0.321. The van der Waals surface area contributed by atoms with E-state index >= 15 is 0 Å². The zero-order valence-electron chi connectivity index (χ0n) is 8.72. The highest BCUT2D eigenvalue weighted by Gasteiger charge is 2.05. The first kappa shape index (κ1) is 11.4. The number of nitrogens with one attached hydrogen (secondary N) is 1. The van der Waals surface area contributed by atoms with Crippen molar-refractivity contribution in [3.63, 3.8) is 0 Å². The van der Waals surface area contributed by atoms with Crippen molar-refractivity contribution in [3.05, 3.63) is 42.2 Å². The molecular formula is C12H14FNO. The summed E-state index contributed by atoms with van der Waals surface area (Å²) in [5.74, 6) is -0.674. The Kier molecular flexibility index (Phi) is 4.03. The zero-order chi connectivity index (χ0) is 11.3. The second-order valence-electron chi connectivity index (χ2n) is 3.24. The number of anilines is 1. The molecule has 0 heterocycles. The van der Waals surface area contributed by atoms with Crippen molar-refractivity contribution in [2.45, 2.75) is 19.8 Å². The molecule has 15 heavy (non-hydrogen) atoms.